The van der Waals surface area contributed by atoms with Gasteiger partial charge in [-0.1, -0.05) is 60.1 Å². The topological polar surface area (TPSA) is 15.8 Å². The largest absolute Gasteiger partial charge is 0.361 e. The highest BCUT2D eigenvalue weighted by atomic mass is 14.7. The Labute approximate surface area is 113 Å². The number of aromatic nitrogens is 1. The number of fused-ring (bicyclic) bond motifs is 1. The van der Waals surface area contributed by atoms with Crippen LogP contribution >= 0.6 is 0 Å². The first-order chi connectivity index (χ1) is 8.48. The van der Waals surface area contributed by atoms with Gasteiger partial charge in [-0.05, 0) is 30.0 Å². The number of rotatable bonds is 0. The third-order valence-electron chi connectivity index (χ3n) is 2.65. The summed E-state index contributed by atoms with van der Waals surface area (Å²) in [5.74, 6) is 0. The van der Waals surface area contributed by atoms with Crippen LogP contribution in [-0.4, -0.2) is 4.98 Å². The molecule has 1 heterocycles. The summed E-state index contributed by atoms with van der Waals surface area (Å²) >= 11 is 0. The van der Waals surface area contributed by atoms with Gasteiger partial charge >= 0.3 is 0 Å². The quantitative estimate of drug-likeness (QED) is 0.603. The molecule has 0 saturated carbocycles. The zero-order chi connectivity index (χ0) is 14.3. The van der Waals surface area contributed by atoms with E-state index in [1.165, 1.54) is 22.0 Å². The molecule has 0 bridgehead atoms. The molecule has 1 N–H and O–H groups in total. The number of H-pyrrole nitrogens is 1. The predicted octanol–water partition coefficient (Wildman–Crippen LogP) is 5.83. The second kappa shape index (κ2) is 7.25. The van der Waals surface area contributed by atoms with Crippen LogP contribution in [0.1, 0.15) is 59.6 Å². The van der Waals surface area contributed by atoms with Crippen molar-refractivity contribution in [3.05, 3.63) is 35.5 Å². The fourth-order valence-corrected chi connectivity index (χ4v) is 1.85. The standard InChI is InChI=1S/C13H17N.2C2H6/c1-9-5-6-12-10(7-9)11(8-14-12)13(2,3)4;2*1-2/h5-8,14H,1-4H3;2*1-2H3. The maximum Gasteiger partial charge on any atom is 0.0457 e. The van der Waals surface area contributed by atoms with Crippen LogP contribution in [0.5, 0.6) is 0 Å². The zero-order valence-corrected chi connectivity index (χ0v) is 13.3. The molecular formula is C17H29N. The summed E-state index contributed by atoms with van der Waals surface area (Å²) in [5.41, 5.74) is 4.17. The first kappa shape index (κ1) is 16.8. The summed E-state index contributed by atoms with van der Waals surface area (Å²) in [6.07, 6.45) is 2.13. The molecular weight excluding hydrogens is 218 g/mol. The number of hydrogen-bond acceptors (Lipinski definition) is 0. The summed E-state index contributed by atoms with van der Waals surface area (Å²) in [6.45, 7) is 16.9. The predicted molar refractivity (Wildman–Crippen MR) is 84.4 cm³/mol. The van der Waals surface area contributed by atoms with E-state index >= 15 is 0 Å². The van der Waals surface area contributed by atoms with E-state index in [9.17, 15) is 0 Å². The molecule has 2 rings (SSSR count). The average molecular weight is 247 g/mol. The van der Waals surface area contributed by atoms with Crippen LogP contribution in [0, 0.1) is 6.92 Å². The molecule has 0 atom stereocenters. The molecule has 0 saturated heterocycles. The van der Waals surface area contributed by atoms with Crippen molar-refractivity contribution >= 4 is 10.9 Å². The summed E-state index contributed by atoms with van der Waals surface area (Å²) in [4.78, 5) is 3.32. The van der Waals surface area contributed by atoms with E-state index in [-0.39, 0.29) is 5.41 Å². The highest BCUT2D eigenvalue weighted by molar-refractivity contribution is 5.84. The van der Waals surface area contributed by atoms with Gasteiger partial charge in [0.15, 0.2) is 0 Å². The van der Waals surface area contributed by atoms with E-state index < -0.39 is 0 Å². The Morgan fingerprint density at radius 3 is 2.00 bits per heavy atom. The smallest absolute Gasteiger partial charge is 0.0457 e. The number of benzene rings is 1. The lowest BCUT2D eigenvalue weighted by Gasteiger charge is -2.17. The second-order valence-electron chi connectivity index (χ2n) is 5.00. The Kier molecular flexibility index (Phi) is 6.75. The fraction of sp³-hybridized carbons (Fsp3) is 0.529. The number of aryl methyl sites for hydroxylation is 1. The minimum Gasteiger partial charge on any atom is -0.361 e. The van der Waals surface area contributed by atoms with Crippen LogP contribution < -0.4 is 0 Å². The van der Waals surface area contributed by atoms with Crippen molar-refractivity contribution < 1.29 is 0 Å². The molecule has 0 aliphatic heterocycles. The third kappa shape index (κ3) is 3.90. The van der Waals surface area contributed by atoms with Gasteiger partial charge in [-0.15, -0.1) is 0 Å². The lowest BCUT2D eigenvalue weighted by molar-refractivity contribution is 0.596. The summed E-state index contributed by atoms with van der Waals surface area (Å²) in [7, 11) is 0. The van der Waals surface area contributed by atoms with E-state index in [4.69, 9.17) is 0 Å². The molecule has 2 aromatic rings. The molecule has 1 nitrogen and oxygen atoms in total. The lowest BCUT2D eigenvalue weighted by Crippen LogP contribution is -2.09. The average Bonchev–Trinajstić information content (AvgIpc) is 2.77. The molecule has 1 heteroatoms. The molecule has 1 aromatic heterocycles. The highest BCUT2D eigenvalue weighted by Crippen LogP contribution is 2.30. The molecule has 0 fully saturated rings. The minimum absolute atomic E-state index is 0.214. The van der Waals surface area contributed by atoms with Crippen molar-refractivity contribution in [3.8, 4) is 0 Å². The number of nitrogens with one attached hydrogen (secondary N) is 1. The van der Waals surface area contributed by atoms with Crippen LogP contribution in [0.3, 0.4) is 0 Å². The number of hydrogen-bond donors (Lipinski definition) is 1. The Morgan fingerprint density at radius 1 is 0.944 bits per heavy atom. The second-order valence-corrected chi connectivity index (χ2v) is 5.00. The molecule has 0 spiro atoms. The molecule has 0 radical (unpaired) electrons. The van der Waals surface area contributed by atoms with Gasteiger partial charge in [0.25, 0.3) is 0 Å². The van der Waals surface area contributed by atoms with Crippen molar-refractivity contribution in [2.75, 3.05) is 0 Å². The number of aromatic amines is 1. The summed E-state index contributed by atoms with van der Waals surface area (Å²) in [6, 6.07) is 6.55. The molecule has 102 valence electrons. The van der Waals surface area contributed by atoms with Crippen molar-refractivity contribution in [2.24, 2.45) is 0 Å². The van der Waals surface area contributed by atoms with Gasteiger partial charge in [0.2, 0.25) is 0 Å². The van der Waals surface area contributed by atoms with Gasteiger partial charge in [0.1, 0.15) is 0 Å². The summed E-state index contributed by atoms with van der Waals surface area (Å²) < 4.78 is 0. The van der Waals surface area contributed by atoms with Gasteiger partial charge in [0, 0.05) is 17.1 Å². The Morgan fingerprint density at radius 2 is 1.50 bits per heavy atom. The first-order valence-corrected chi connectivity index (χ1v) is 7.07. The maximum absolute atomic E-state index is 3.32. The molecule has 1 aromatic carbocycles. The molecule has 18 heavy (non-hydrogen) atoms. The Hall–Kier alpha value is -1.24. The van der Waals surface area contributed by atoms with Crippen LogP contribution in [-0.2, 0) is 5.41 Å². The van der Waals surface area contributed by atoms with Crippen molar-refractivity contribution in [3.63, 3.8) is 0 Å². The minimum atomic E-state index is 0.214. The monoisotopic (exact) mass is 247 g/mol. The van der Waals surface area contributed by atoms with Gasteiger partial charge in [-0.3, -0.25) is 0 Å². The zero-order valence-electron chi connectivity index (χ0n) is 13.3. The molecule has 0 aliphatic carbocycles. The van der Waals surface area contributed by atoms with E-state index in [0.29, 0.717) is 0 Å². The lowest BCUT2D eigenvalue weighted by atomic mass is 9.86. The molecule has 0 unspecified atom stereocenters. The SMILES string of the molecule is CC.CC.Cc1ccc2[nH]cc(C(C)(C)C)c2c1. The maximum atomic E-state index is 3.32. The van der Waals surface area contributed by atoms with E-state index in [1.54, 1.807) is 0 Å². The van der Waals surface area contributed by atoms with Gasteiger partial charge < -0.3 is 4.98 Å². The Balaban J connectivity index is 0.000000659. The van der Waals surface area contributed by atoms with Crippen molar-refractivity contribution in [1.29, 1.82) is 0 Å². The normalized spacial score (nSPS) is 10.2. The van der Waals surface area contributed by atoms with E-state index in [1.807, 2.05) is 27.7 Å². The fourth-order valence-electron chi connectivity index (χ4n) is 1.85. The van der Waals surface area contributed by atoms with Crippen LogP contribution in [0.25, 0.3) is 10.9 Å². The molecule has 0 amide bonds. The van der Waals surface area contributed by atoms with E-state index in [0.717, 1.165) is 0 Å². The summed E-state index contributed by atoms with van der Waals surface area (Å²) in [5, 5.41) is 1.36. The van der Waals surface area contributed by atoms with Crippen LogP contribution in [0.4, 0.5) is 0 Å². The van der Waals surface area contributed by atoms with Gasteiger partial charge in [0.05, 0.1) is 0 Å². The van der Waals surface area contributed by atoms with Gasteiger partial charge in [-0.25, -0.2) is 0 Å². The Bertz CT molecular complexity index is 458. The molecule has 0 aliphatic rings. The third-order valence-corrected chi connectivity index (χ3v) is 2.65. The van der Waals surface area contributed by atoms with Gasteiger partial charge in [-0.2, -0.15) is 0 Å². The van der Waals surface area contributed by atoms with Crippen LogP contribution in [0.2, 0.25) is 0 Å². The van der Waals surface area contributed by atoms with Crippen molar-refractivity contribution in [1.82, 2.24) is 4.98 Å². The van der Waals surface area contributed by atoms with E-state index in [2.05, 4.69) is 57.1 Å². The van der Waals surface area contributed by atoms with Crippen LogP contribution in [0.15, 0.2) is 24.4 Å². The first-order valence-electron chi connectivity index (χ1n) is 7.07. The van der Waals surface area contributed by atoms with Crippen molar-refractivity contribution in [2.45, 2.75) is 60.8 Å². The highest BCUT2D eigenvalue weighted by Gasteiger charge is 2.17.